The molecule has 2 heterocycles. The fourth-order valence-electron chi connectivity index (χ4n) is 4.72. The van der Waals surface area contributed by atoms with E-state index in [-0.39, 0.29) is 11.6 Å². The van der Waals surface area contributed by atoms with E-state index in [9.17, 15) is 18.0 Å². The molecule has 1 atom stereocenters. The van der Waals surface area contributed by atoms with Crippen molar-refractivity contribution in [3.63, 3.8) is 0 Å². The summed E-state index contributed by atoms with van der Waals surface area (Å²) in [6.07, 6.45) is -4.49. The molecule has 2 aromatic carbocycles. The number of morpholine rings is 1. The van der Waals surface area contributed by atoms with E-state index in [1.54, 1.807) is 0 Å². The summed E-state index contributed by atoms with van der Waals surface area (Å²) >= 11 is 0. The largest absolute Gasteiger partial charge is 0.416 e. The van der Waals surface area contributed by atoms with Crippen molar-refractivity contribution in [3.05, 3.63) is 53.1 Å². The highest BCUT2D eigenvalue weighted by atomic mass is 19.4. The number of carbonyl (C=O) groups is 1. The van der Waals surface area contributed by atoms with Crippen molar-refractivity contribution in [3.8, 4) is 0 Å². The summed E-state index contributed by atoms with van der Waals surface area (Å²) < 4.78 is 45.6. The molecular weight excluding hydrogens is 457 g/mol. The molecule has 2 saturated heterocycles. The van der Waals surface area contributed by atoms with Gasteiger partial charge in [0.15, 0.2) is 0 Å². The fourth-order valence-corrected chi connectivity index (χ4v) is 4.72. The van der Waals surface area contributed by atoms with Crippen LogP contribution in [0.1, 0.15) is 23.6 Å². The van der Waals surface area contributed by atoms with Crippen LogP contribution in [0, 0.1) is 13.8 Å². The number of ether oxygens (including phenoxy) is 1. The van der Waals surface area contributed by atoms with Crippen LogP contribution in [0.15, 0.2) is 36.4 Å². The average molecular weight is 491 g/mol. The van der Waals surface area contributed by atoms with Crippen LogP contribution < -0.4 is 15.1 Å². The molecule has 0 spiro atoms. The van der Waals surface area contributed by atoms with Crippen molar-refractivity contribution >= 4 is 23.0 Å². The zero-order chi connectivity index (χ0) is 25.2. The number of benzene rings is 2. The molecule has 6 nitrogen and oxygen atoms in total. The van der Waals surface area contributed by atoms with E-state index >= 15 is 0 Å². The zero-order valence-electron chi connectivity index (χ0n) is 20.5. The maximum atomic E-state index is 13.4. The summed E-state index contributed by atoms with van der Waals surface area (Å²) in [5, 5.41) is 2.80. The van der Waals surface area contributed by atoms with Gasteiger partial charge in [-0.05, 0) is 56.2 Å². The van der Waals surface area contributed by atoms with Gasteiger partial charge in [0.25, 0.3) is 0 Å². The zero-order valence-corrected chi connectivity index (χ0v) is 20.5. The Labute approximate surface area is 204 Å². The number of alkyl halides is 3. The molecule has 2 fully saturated rings. The Balaban J connectivity index is 1.45. The lowest BCUT2D eigenvalue weighted by Crippen LogP contribution is -2.53. The summed E-state index contributed by atoms with van der Waals surface area (Å²) in [5.41, 5.74) is 3.71. The number of anilines is 3. The van der Waals surface area contributed by atoms with Gasteiger partial charge in [-0.2, -0.15) is 13.2 Å². The summed E-state index contributed by atoms with van der Waals surface area (Å²) in [6, 6.07) is 9.35. The minimum Gasteiger partial charge on any atom is -0.378 e. The molecule has 1 N–H and O–H groups in total. The molecule has 35 heavy (non-hydrogen) atoms. The number of carbonyl (C=O) groups excluding carboxylic acids is 1. The number of hydrogen-bond donors (Lipinski definition) is 1. The Morgan fingerprint density at radius 1 is 0.943 bits per heavy atom. The molecule has 0 aliphatic carbocycles. The maximum absolute atomic E-state index is 13.4. The Hall–Kier alpha value is -2.78. The highest BCUT2D eigenvalue weighted by molar-refractivity contribution is 5.97. The van der Waals surface area contributed by atoms with Crippen molar-refractivity contribution < 1.29 is 22.7 Å². The van der Waals surface area contributed by atoms with Gasteiger partial charge in [-0.15, -0.1) is 0 Å². The van der Waals surface area contributed by atoms with Gasteiger partial charge in [0.1, 0.15) is 0 Å². The standard InChI is InChI=1S/C26H33F3N4O2/c1-18-5-4-6-23(19(18)2)32-11-9-31(10-12-32)20(3)25(34)30-22-17-21(26(27,28)29)7-8-24(22)33-13-15-35-16-14-33/h4-8,17,20H,9-16H2,1-3H3,(H,30,34). The van der Waals surface area contributed by atoms with Crippen molar-refractivity contribution in [1.82, 2.24) is 4.90 Å². The van der Waals surface area contributed by atoms with Crippen LogP contribution in [0.25, 0.3) is 0 Å². The first-order valence-corrected chi connectivity index (χ1v) is 12.0. The van der Waals surface area contributed by atoms with Crippen molar-refractivity contribution in [2.24, 2.45) is 0 Å². The molecule has 4 rings (SSSR count). The number of halogens is 3. The lowest BCUT2D eigenvalue weighted by atomic mass is 10.1. The van der Waals surface area contributed by atoms with Gasteiger partial charge in [-0.25, -0.2) is 0 Å². The Bertz CT molecular complexity index is 1050. The minimum atomic E-state index is -4.49. The SMILES string of the molecule is Cc1cccc(N2CCN(C(C)C(=O)Nc3cc(C(F)(F)F)ccc3N3CCOCC3)CC2)c1C. The van der Waals surface area contributed by atoms with Crippen LogP contribution in [0.2, 0.25) is 0 Å². The first-order valence-electron chi connectivity index (χ1n) is 12.0. The van der Waals surface area contributed by atoms with E-state index < -0.39 is 17.8 Å². The van der Waals surface area contributed by atoms with E-state index in [4.69, 9.17) is 4.74 Å². The molecular formula is C26H33F3N4O2. The van der Waals surface area contributed by atoms with E-state index in [0.29, 0.717) is 45.1 Å². The molecule has 0 radical (unpaired) electrons. The van der Waals surface area contributed by atoms with Crippen LogP contribution in [0.3, 0.4) is 0 Å². The van der Waals surface area contributed by atoms with E-state index in [1.165, 1.54) is 22.9 Å². The second-order valence-corrected chi connectivity index (χ2v) is 9.24. The number of nitrogens with one attached hydrogen (secondary N) is 1. The van der Waals surface area contributed by atoms with Crippen LogP contribution in [0.4, 0.5) is 30.2 Å². The first-order chi connectivity index (χ1) is 16.6. The minimum absolute atomic E-state index is 0.188. The number of nitrogens with zero attached hydrogens (tertiary/aromatic N) is 3. The normalized spacial score (nSPS) is 18.5. The van der Waals surface area contributed by atoms with Crippen LogP contribution in [-0.4, -0.2) is 69.3 Å². The molecule has 1 unspecified atom stereocenters. The quantitative estimate of drug-likeness (QED) is 0.677. The summed E-state index contributed by atoms with van der Waals surface area (Å²) in [7, 11) is 0. The Morgan fingerprint density at radius 3 is 2.26 bits per heavy atom. The predicted molar refractivity (Wildman–Crippen MR) is 132 cm³/mol. The molecule has 2 aromatic rings. The number of rotatable bonds is 5. The van der Waals surface area contributed by atoms with E-state index in [1.807, 2.05) is 11.8 Å². The van der Waals surface area contributed by atoms with Gasteiger partial charge in [-0.1, -0.05) is 12.1 Å². The number of piperazine rings is 1. The third-order valence-corrected chi connectivity index (χ3v) is 7.09. The molecule has 2 aliphatic rings. The number of aryl methyl sites for hydroxylation is 1. The second-order valence-electron chi connectivity index (χ2n) is 9.24. The van der Waals surface area contributed by atoms with Crippen molar-refractivity contribution in [2.45, 2.75) is 33.0 Å². The van der Waals surface area contributed by atoms with Gasteiger partial charge < -0.3 is 19.9 Å². The maximum Gasteiger partial charge on any atom is 0.416 e. The monoisotopic (exact) mass is 490 g/mol. The van der Waals surface area contributed by atoms with Gasteiger partial charge >= 0.3 is 6.18 Å². The van der Waals surface area contributed by atoms with Gasteiger partial charge in [0.2, 0.25) is 5.91 Å². The van der Waals surface area contributed by atoms with Crippen molar-refractivity contribution in [2.75, 3.05) is 67.6 Å². The number of amides is 1. The third kappa shape index (κ3) is 5.73. The second kappa shape index (κ2) is 10.5. The highest BCUT2D eigenvalue weighted by Crippen LogP contribution is 2.36. The molecule has 2 aliphatic heterocycles. The molecule has 9 heteroatoms. The lowest BCUT2D eigenvalue weighted by molar-refractivity contribution is -0.137. The fraction of sp³-hybridized carbons (Fsp3) is 0.500. The van der Waals surface area contributed by atoms with Crippen LogP contribution >= 0.6 is 0 Å². The Kier molecular flexibility index (Phi) is 7.56. The Morgan fingerprint density at radius 2 is 1.60 bits per heavy atom. The van der Waals surface area contributed by atoms with Gasteiger partial charge in [0.05, 0.1) is 36.2 Å². The smallest absolute Gasteiger partial charge is 0.378 e. The van der Waals surface area contributed by atoms with Crippen LogP contribution in [0.5, 0.6) is 0 Å². The van der Waals surface area contributed by atoms with Crippen molar-refractivity contribution in [1.29, 1.82) is 0 Å². The highest BCUT2D eigenvalue weighted by Gasteiger charge is 2.33. The molecule has 0 aromatic heterocycles. The molecule has 1 amide bonds. The summed E-state index contributed by atoms with van der Waals surface area (Å²) in [6.45, 7) is 11.1. The van der Waals surface area contributed by atoms with E-state index in [0.717, 1.165) is 25.2 Å². The third-order valence-electron chi connectivity index (χ3n) is 7.09. The van der Waals surface area contributed by atoms with Gasteiger partial charge in [-0.3, -0.25) is 9.69 Å². The summed E-state index contributed by atoms with van der Waals surface area (Å²) in [4.78, 5) is 19.5. The topological polar surface area (TPSA) is 48.0 Å². The molecule has 0 saturated carbocycles. The van der Waals surface area contributed by atoms with Gasteiger partial charge in [0, 0.05) is 45.0 Å². The lowest BCUT2D eigenvalue weighted by Gasteiger charge is -2.39. The number of hydrogen-bond acceptors (Lipinski definition) is 5. The predicted octanol–water partition coefficient (Wildman–Crippen LogP) is 4.31. The molecule has 190 valence electrons. The van der Waals surface area contributed by atoms with Crippen LogP contribution in [-0.2, 0) is 15.7 Å². The van der Waals surface area contributed by atoms with E-state index in [2.05, 4.69) is 47.2 Å². The molecule has 0 bridgehead atoms. The average Bonchev–Trinajstić information content (AvgIpc) is 2.85. The summed E-state index contributed by atoms with van der Waals surface area (Å²) in [5.74, 6) is -0.306. The first kappa shape index (κ1) is 25.3.